The molecule has 0 unspecified atom stereocenters. The van der Waals surface area contributed by atoms with Crippen molar-refractivity contribution >= 4 is 34.4 Å². The SMILES string of the molecule is CNC1(COc2nc3c(cc2C)c(C(N)=O)c(N)n3-c2c(C)c(O)c(Cl)c(F)c2C)CC1. The molecule has 0 aliphatic heterocycles. The first-order valence-electron chi connectivity index (χ1n) is 10.1. The number of likely N-dealkylation sites (N-methyl/N-ethyl adjacent to an activating group) is 1. The van der Waals surface area contributed by atoms with E-state index in [1.807, 2.05) is 14.0 Å². The summed E-state index contributed by atoms with van der Waals surface area (Å²) in [5.41, 5.74) is 13.6. The summed E-state index contributed by atoms with van der Waals surface area (Å²) in [5, 5.41) is 13.6. The van der Waals surface area contributed by atoms with Crippen molar-refractivity contribution in [2.45, 2.75) is 39.2 Å². The summed E-state index contributed by atoms with van der Waals surface area (Å²) in [6, 6.07) is 1.72. The number of nitrogens with one attached hydrogen (secondary N) is 1. The Kier molecular flexibility index (Phi) is 5.21. The van der Waals surface area contributed by atoms with Crippen LogP contribution < -0.4 is 21.5 Å². The topological polar surface area (TPSA) is 128 Å². The van der Waals surface area contributed by atoms with E-state index in [-0.39, 0.29) is 44.4 Å². The number of aryl methyl sites for hydroxylation is 1. The van der Waals surface area contributed by atoms with Gasteiger partial charge in [0.1, 0.15) is 23.2 Å². The second-order valence-electron chi connectivity index (χ2n) is 8.34. The Hall–Kier alpha value is -3.04. The number of aromatic nitrogens is 2. The Balaban J connectivity index is 2.00. The molecule has 6 N–H and O–H groups in total. The van der Waals surface area contributed by atoms with Crippen LogP contribution in [-0.2, 0) is 0 Å². The third-order valence-corrected chi connectivity index (χ3v) is 6.60. The van der Waals surface area contributed by atoms with Crippen LogP contribution in [0.15, 0.2) is 6.07 Å². The third-order valence-electron chi connectivity index (χ3n) is 6.26. The molecule has 10 heteroatoms. The zero-order valence-corrected chi connectivity index (χ0v) is 19.0. The van der Waals surface area contributed by atoms with Crippen molar-refractivity contribution in [2.24, 2.45) is 5.73 Å². The standard InChI is InChI=1S/C22H25ClFN5O3/c1-9-7-12-13(19(26)31)18(25)29(16-10(2)15(24)14(23)17(30)11(16)3)20(12)28-21(9)32-8-22(27-4)5-6-22/h7,27,30H,5-6,8,25H2,1-4H3,(H2,26,31). The number of fused-ring (bicyclic) bond motifs is 1. The zero-order valence-electron chi connectivity index (χ0n) is 18.3. The number of benzene rings is 1. The molecule has 0 atom stereocenters. The van der Waals surface area contributed by atoms with Crippen molar-refractivity contribution in [1.82, 2.24) is 14.9 Å². The van der Waals surface area contributed by atoms with Gasteiger partial charge in [-0.3, -0.25) is 9.36 Å². The minimum atomic E-state index is -0.792. The Labute approximate surface area is 189 Å². The molecule has 0 spiro atoms. The molecule has 1 amide bonds. The first-order chi connectivity index (χ1) is 15.0. The van der Waals surface area contributed by atoms with Gasteiger partial charge >= 0.3 is 0 Å². The number of anilines is 1. The summed E-state index contributed by atoms with van der Waals surface area (Å²) in [4.78, 5) is 16.9. The predicted molar refractivity (Wildman–Crippen MR) is 121 cm³/mol. The second kappa shape index (κ2) is 7.53. The number of halogens is 2. The number of nitrogen functional groups attached to an aromatic ring is 1. The van der Waals surface area contributed by atoms with Gasteiger partial charge in [-0.25, -0.2) is 4.39 Å². The van der Waals surface area contributed by atoms with Crippen molar-refractivity contribution in [3.05, 3.63) is 39.2 Å². The summed E-state index contributed by atoms with van der Waals surface area (Å²) in [7, 11) is 1.89. The second-order valence-corrected chi connectivity index (χ2v) is 8.71. The van der Waals surface area contributed by atoms with Gasteiger partial charge in [0.05, 0.1) is 16.8 Å². The fraction of sp³-hybridized carbons (Fsp3) is 0.364. The number of aromatic hydroxyl groups is 1. The van der Waals surface area contributed by atoms with Crippen LogP contribution in [0.25, 0.3) is 16.7 Å². The van der Waals surface area contributed by atoms with E-state index in [0.29, 0.717) is 23.4 Å². The maximum atomic E-state index is 14.8. The van der Waals surface area contributed by atoms with Crippen LogP contribution in [0.3, 0.4) is 0 Å². The van der Waals surface area contributed by atoms with E-state index < -0.39 is 17.5 Å². The van der Waals surface area contributed by atoms with Crippen LogP contribution in [0, 0.1) is 26.6 Å². The lowest BCUT2D eigenvalue weighted by Gasteiger charge is -2.18. The van der Waals surface area contributed by atoms with Gasteiger partial charge in [0.2, 0.25) is 5.88 Å². The maximum Gasteiger partial charge on any atom is 0.253 e. The first-order valence-corrected chi connectivity index (χ1v) is 10.5. The molecule has 4 rings (SSSR count). The fourth-order valence-electron chi connectivity index (χ4n) is 4.03. The number of nitrogens with two attached hydrogens (primary N) is 2. The summed E-state index contributed by atoms with van der Waals surface area (Å²) in [6.45, 7) is 5.32. The predicted octanol–water partition coefficient (Wildman–Crippen LogP) is 3.26. The first kappa shape index (κ1) is 22.2. The van der Waals surface area contributed by atoms with E-state index in [1.54, 1.807) is 13.0 Å². The van der Waals surface area contributed by atoms with E-state index in [1.165, 1.54) is 11.5 Å². The van der Waals surface area contributed by atoms with E-state index in [0.717, 1.165) is 12.8 Å². The van der Waals surface area contributed by atoms with Gasteiger partial charge in [-0.1, -0.05) is 11.6 Å². The van der Waals surface area contributed by atoms with Crippen LogP contribution >= 0.6 is 11.6 Å². The van der Waals surface area contributed by atoms with Gasteiger partial charge in [0.25, 0.3) is 5.91 Å². The maximum absolute atomic E-state index is 14.8. The van der Waals surface area contributed by atoms with E-state index in [2.05, 4.69) is 10.3 Å². The molecule has 0 saturated heterocycles. The number of phenolic OH excluding ortho intramolecular Hbond substituents is 1. The number of carbonyl (C=O) groups excluding carboxylic acids is 1. The molecule has 3 aromatic rings. The molecule has 2 heterocycles. The van der Waals surface area contributed by atoms with Crippen LogP contribution in [0.5, 0.6) is 11.6 Å². The number of nitrogens with zero attached hydrogens (tertiary/aromatic N) is 2. The summed E-state index contributed by atoms with van der Waals surface area (Å²) >= 11 is 5.93. The lowest BCUT2D eigenvalue weighted by molar-refractivity contribution is 0.100. The quantitative estimate of drug-likeness (QED) is 0.446. The van der Waals surface area contributed by atoms with E-state index >= 15 is 0 Å². The molecule has 2 aromatic heterocycles. The Morgan fingerprint density at radius 2 is 2.03 bits per heavy atom. The smallest absolute Gasteiger partial charge is 0.253 e. The van der Waals surface area contributed by atoms with Gasteiger partial charge < -0.3 is 26.6 Å². The molecule has 0 radical (unpaired) electrons. The number of hydrogen-bond donors (Lipinski definition) is 4. The number of carbonyl (C=O) groups is 1. The van der Waals surface area contributed by atoms with Crippen molar-refractivity contribution in [1.29, 1.82) is 0 Å². The number of hydrogen-bond acceptors (Lipinski definition) is 6. The monoisotopic (exact) mass is 461 g/mol. The average Bonchev–Trinajstić information content (AvgIpc) is 3.48. The molecule has 0 bridgehead atoms. The van der Waals surface area contributed by atoms with Crippen molar-refractivity contribution in [3.8, 4) is 17.3 Å². The number of pyridine rings is 1. The number of ether oxygens (including phenoxy) is 1. The largest absolute Gasteiger partial charge is 0.506 e. The molecule has 1 aromatic carbocycles. The van der Waals surface area contributed by atoms with Crippen molar-refractivity contribution in [3.63, 3.8) is 0 Å². The van der Waals surface area contributed by atoms with Gasteiger partial charge in [-0.05, 0) is 46.7 Å². The Morgan fingerprint density at radius 1 is 1.38 bits per heavy atom. The third kappa shape index (κ3) is 3.23. The van der Waals surface area contributed by atoms with E-state index in [4.69, 9.17) is 27.8 Å². The zero-order chi connectivity index (χ0) is 23.5. The molecule has 32 heavy (non-hydrogen) atoms. The van der Waals surface area contributed by atoms with Crippen molar-refractivity contribution < 1.29 is 19.0 Å². The molecule has 1 fully saturated rings. The average molecular weight is 462 g/mol. The van der Waals surface area contributed by atoms with E-state index in [9.17, 15) is 14.3 Å². The number of primary amides is 1. The lowest BCUT2D eigenvalue weighted by atomic mass is 10.1. The van der Waals surface area contributed by atoms with Gasteiger partial charge in [0, 0.05) is 22.1 Å². The highest BCUT2D eigenvalue weighted by Gasteiger charge is 2.42. The molecule has 1 aliphatic rings. The lowest BCUT2D eigenvalue weighted by Crippen LogP contribution is -2.34. The molecule has 8 nitrogen and oxygen atoms in total. The molecule has 1 saturated carbocycles. The summed E-state index contributed by atoms with van der Waals surface area (Å²) in [6.07, 6.45) is 2.00. The van der Waals surface area contributed by atoms with Crippen LogP contribution in [0.1, 0.15) is 39.9 Å². The minimum absolute atomic E-state index is 0.0160. The van der Waals surface area contributed by atoms with Crippen LogP contribution in [0.2, 0.25) is 5.02 Å². The number of rotatable bonds is 6. The summed E-state index contributed by atoms with van der Waals surface area (Å²) in [5.74, 6) is -1.61. The van der Waals surface area contributed by atoms with Crippen LogP contribution in [-0.4, -0.2) is 39.8 Å². The number of amides is 1. The highest BCUT2D eigenvalue weighted by atomic mass is 35.5. The Bertz CT molecular complexity index is 1250. The fourth-order valence-corrected chi connectivity index (χ4v) is 4.31. The highest BCUT2D eigenvalue weighted by molar-refractivity contribution is 6.32. The van der Waals surface area contributed by atoms with Gasteiger partial charge in [-0.15, -0.1) is 0 Å². The summed E-state index contributed by atoms with van der Waals surface area (Å²) < 4.78 is 22.2. The highest BCUT2D eigenvalue weighted by Crippen LogP contribution is 2.42. The van der Waals surface area contributed by atoms with Gasteiger partial charge in [0.15, 0.2) is 11.5 Å². The molecular weight excluding hydrogens is 437 g/mol. The molecular formula is C22H25ClFN5O3. The van der Waals surface area contributed by atoms with Crippen LogP contribution in [0.4, 0.5) is 10.2 Å². The Morgan fingerprint density at radius 3 is 2.59 bits per heavy atom. The molecule has 1 aliphatic carbocycles. The molecule has 170 valence electrons. The normalized spacial score (nSPS) is 14.7. The number of phenols is 1. The minimum Gasteiger partial charge on any atom is -0.506 e. The van der Waals surface area contributed by atoms with Crippen molar-refractivity contribution in [2.75, 3.05) is 19.4 Å². The van der Waals surface area contributed by atoms with Gasteiger partial charge in [-0.2, -0.15) is 4.98 Å².